The topological polar surface area (TPSA) is 38.3 Å². The minimum absolute atomic E-state index is 0.0461. The lowest BCUT2D eigenvalue weighted by Gasteiger charge is -2.14. The van der Waals surface area contributed by atoms with Gasteiger partial charge in [0.25, 0.3) is 0 Å². The number of halogens is 1. The summed E-state index contributed by atoms with van der Waals surface area (Å²) < 4.78 is 5.25. The molecule has 1 aromatic rings. The quantitative estimate of drug-likeness (QED) is 0.445. The molecule has 0 aromatic heterocycles. The maximum absolute atomic E-state index is 11.7. The molecule has 0 heterocycles. The molecular weight excluding hydrogens is 294 g/mol. The summed E-state index contributed by atoms with van der Waals surface area (Å²) in [5, 5.41) is 2.29. The van der Waals surface area contributed by atoms with Crippen LogP contribution in [-0.4, -0.2) is 16.8 Å². The van der Waals surface area contributed by atoms with Gasteiger partial charge >= 0.3 is 6.09 Å². The zero-order chi connectivity index (χ0) is 15.0. The molecule has 112 valence electrons. The van der Waals surface area contributed by atoms with Crippen LogP contribution in [0.5, 0.6) is 5.75 Å². The third-order valence-corrected chi connectivity index (χ3v) is 3.28. The Hall–Kier alpha value is -0.870. The van der Waals surface area contributed by atoms with Crippen molar-refractivity contribution in [2.75, 3.05) is 0 Å². The maximum Gasteiger partial charge on any atom is 0.413 e. The van der Waals surface area contributed by atoms with Gasteiger partial charge in [0.15, 0.2) is 0 Å². The molecule has 0 saturated carbocycles. The van der Waals surface area contributed by atoms with Gasteiger partial charge in [-0.25, -0.2) is 4.79 Å². The van der Waals surface area contributed by atoms with E-state index in [1.807, 2.05) is 25.1 Å². The molecule has 1 N–H and O–H groups in total. The minimum Gasteiger partial charge on any atom is -0.410 e. The summed E-state index contributed by atoms with van der Waals surface area (Å²) in [7, 11) is 0. The van der Waals surface area contributed by atoms with Crippen LogP contribution in [-0.2, 0) is 6.42 Å². The third kappa shape index (κ3) is 7.06. The Morgan fingerprint density at radius 3 is 2.90 bits per heavy atom. The lowest BCUT2D eigenvalue weighted by molar-refractivity contribution is 0.199. The van der Waals surface area contributed by atoms with E-state index in [0.717, 1.165) is 19.3 Å². The number of amides is 1. The molecule has 0 aliphatic heterocycles. The predicted octanol–water partition coefficient (Wildman–Crippen LogP) is 4.39. The number of carbonyl (C=O) groups is 1. The first-order valence-corrected chi connectivity index (χ1v) is 7.86. The van der Waals surface area contributed by atoms with E-state index in [1.165, 1.54) is 5.56 Å². The number of thiol groups is 1. The highest BCUT2D eigenvalue weighted by atomic mass is 35.5. The van der Waals surface area contributed by atoms with Crippen LogP contribution in [0.1, 0.15) is 38.7 Å². The van der Waals surface area contributed by atoms with E-state index in [-0.39, 0.29) is 10.8 Å². The van der Waals surface area contributed by atoms with Crippen molar-refractivity contribution >= 4 is 30.3 Å². The van der Waals surface area contributed by atoms with Crippen molar-refractivity contribution in [3.63, 3.8) is 0 Å². The largest absolute Gasteiger partial charge is 0.413 e. The molecule has 0 aliphatic rings. The number of unbranched alkanes of at least 4 members (excludes halogenated alkanes) is 1. The van der Waals surface area contributed by atoms with Crippen LogP contribution in [0.4, 0.5) is 4.79 Å². The Balaban J connectivity index is 2.48. The van der Waals surface area contributed by atoms with Crippen molar-refractivity contribution in [1.82, 2.24) is 5.32 Å². The van der Waals surface area contributed by atoms with Gasteiger partial charge in [-0.3, -0.25) is 0 Å². The van der Waals surface area contributed by atoms with E-state index in [4.69, 9.17) is 16.3 Å². The van der Waals surface area contributed by atoms with E-state index >= 15 is 0 Å². The number of benzene rings is 1. The summed E-state index contributed by atoms with van der Waals surface area (Å²) in [6, 6.07) is 7.60. The van der Waals surface area contributed by atoms with Gasteiger partial charge in [0.1, 0.15) is 5.75 Å². The predicted molar refractivity (Wildman–Crippen MR) is 86.9 cm³/mol. The molecule has 3 nitrogen and oxygen atoms in total. The maximum atomic E-state index is 11.7. The molecule has 1 amide bonds. The molecule has 2 unspecified atom stereocenters. The Labute approximate surface area is 131 Å². The number of aryl methyl sites for hydroxylation is 1. The van der Waals surface area contributed by atoms with E-state index in [1.54, 1.807) is 6.07 Å². The highest BCUT2D eigenvalue weighted by molar-refractivity contribution is 7.80. The number of ether oxygens (including phenoxy) is 1. The first-order chi connectivity index (χ1) is 9.51. The molecule has 1 rings (SSSR count). The first-order valence-electron chi connectivity index (χ1n) is 6.90. The lowest BCUT2D eigenvalue weighted by Crippen LogP contribution is -2.34. The smallest absolute Gasteiger partial charge is 0.410 e. The highest BCUT2D eigenvalue weighted by Gasteiger charge is 2.12. The molecule has 5 heteroatoms. The second kappa shape index (κ2) is 9.14. The number of hydrogen-bond acceptors (Lipinski definition) is 3. The summed E-state index contributed by atoms with van der Waals surface area (Å²) >= 11 is 10.1. The third-order valence-electron chi connectivity index (χ3n) is 2.76. The van der Waals surface area contributed by atoms with Crippen molar-refractivity contribution in [2.24, 2.45) is 0 Å². The SMILES string of the molecule is CCCCc1cccc(OC(=O)NC(S)CC(C)Cl)c1. The monoisotopic (exact) mass is 315 g/mol. The number of carbonyl (C=O) groups excluding carboxylic acids is 1. The van der Waals surface area contributed by atoms with Crippen LogP contribution in [0.25, 0.3) is 0 Å². The lowest BCUT2D eigenvalue weighted by atomic mass is 10.1. The van der Waals surface area contributed by atoms with Crippen LogP contribution in [0, 0.1) is 0 Å². The molecular formula is C15H22ClNO2S. The fraction of sp³-hybridized carbons (Fsp3) is 0.533. The minimum atomic E-state index is -0.505. The summed E-state index contributed by atoms with van der Waals surface area (Å²) in [5.74, 6) is 0.551. The summed E-state index contributed by atoms with van der Waals surface area (Å²) in [6.07, 6.45) is 3.34. The fourth-order valence-electron chi connectivity index (χ4n) is 1.78. The second-order valence-electron chi connectivity index (χ2n) is 4.82. The number of alkyl halides is 1. The zero-order valence-electron chi connectivity index (χ0n) is 11.9. The summed E-state index contributed by atoms with van der Waals surface area (Å²) in [5.41, 5.74) is 1.17. The number of nitrogens with one attached hydrogen (secondary N) is 1. The van der Waals surface area contributed by atoms with Crippen LogP contribution in [0.2, 0.25) is 0 Å². The second-order valence-corrected chi connectivity index (χ2v) is 6.19. The average Bonchev–Trinajstić information content (AvgIpc) is 2.35. The van der Waals surface area contributed by atoms with Crippen molar-refractivity contribution in [1.29, 1.82) is 0 Å². The molecule has 2 atom stereocenters. The molecule has 1 aromatic carbocycles. The average molecular weight is 316 g/mol. The summed E-state index contributed by atoms with van der Waals surface area (Å²) in [4.78, 5) is 11.7. The van der Waals surface area contributed by atoms with E-state index in [2.05, 4.69) is 24.9 Å². The number of rotatable bonds is 7. The van der Waals surface area contributed by atoms with Crippen LogP contribution >= 0.6 is 24.2 Å². The molecule has 0 fully saturated rings. The van der Waals surface area contributed by atoms with Gasteiger partial charge < -0.3 is 10.1 Å². The van der Waals surface area contributed by atoms with Gasteiger partial charge in [-0.05, 0) is 43.9 Å². The van der Waals surface area contributed by atoms with Crippen molar-refractivity contribution in [2.45, 2.75) is 50.3 Å². The Morgan fingerprint density at radius 1 is 1.50 bits per heavy atom. The molecule has 0 radical (unpaired) electrons. The van der Waals surface area contributed by atoms with Crippen molar-refractivity contribution in [3.8, 4) is 5.75 Å². The molecule has 0 spiro atoms. The van der Waals surface area contributed by atoms with Gasteiger partial charge in [0.05, 0.1) is 5.37 Å². The highest BCUT2D eigenvalue weighted by Crippen LogP contribution is 2.16. The zero-order valence-corrected chi connectivity index (χ0v) is 13.6. The Morgan fingerprint density at radius 2 is 2.25 bits per heavy atom. The van der Waals surface area contributed by atoms with Crippen molar-refractivity contribution in [3.05, 3.63) is 29.8 Å². The van der Waals surface area contributed by atoms with Crippen LogP contribution < -0.4 is 10.1 Å². The fourth-order valence-corrected chi connectivity index (χ4v) is 2.51. The Kier molecular flexibility index (Phi) is 7.85. The molecule has 0 aliphatic carbocycles. The molecule has 20 heavy (non-hydrogen) atoms. The molecule has 0 saturated heterocycles. The van der Waals surface area contributed by atoms with Gasteiger partial charge in [-0.15, -0.1) is 11.6 Å². The summed E-state index contributed by atoms with van der Waals surface area (Å²) in [6.45, 7) is 4.01. The van der Waals surface area contributed by atoms with Gasteiger partial charge in [-0.1, -0.05) is 25.5 Å². The Bertz CT molecular complexity index is 426. The van der Waals surface area contributed by atoms with E-state index in [9.17, 15) is 4.79 Å². The van der Waals surface area contributed by atoms with Gasteiger partial charge in [-0.2, -0.15) is 12.6 Å². The normalized spacial score (nSPS) is 13.6. The molecule has 0 bridgehead atoms. The van der Waals surface area contributed by atoms with Crippen molar-refractivity contribution < 1.29 is 9.53 Å². The number of hydrogen-bond donors (Lipinski definition) is 2. The standard InChI is InChI=1S/C15H22ClNO2S/c1-3-4-6-12-7-5-8-13(10-12)19-15(18)17-14(20)9-11(2)16/h5,7-8,10-11,14,20H,3-4,6,9H2,1-2H3,(H,17,18). The van der Waals surface area contributed by atoms with Crippen LogP contribution in [0.15, 0.2) is 24.3 Å². The van der Waals surface area contributed by atoms with Gasteiger partial charge in [0, 0.05) is 5.38 Å². The first kappa shape index (κ1) is 17.2. The van der Waals surface area contributed by atoms with Crippen LogP contribution in [0.3, 0.4) is 0 Å². The van der Waals surface area contributed by atoms with Gasteiger partial charge in [0.2, 0.25) is 0 Å². The van der Waals surface area contributed by atoms with E-state index in [0.29, 0.717) is 12.2 Å². The van der Waals surface area contributed by atoms with E-state index < -0.39 is 6.09 Å².